The Hall–Kier alpha value is 0.955. The summed E-state index contributed by atoms with van der Waals surface area (Å²) in [5, 5.41) is 1.76. The van der Waals surface area contributed by atoms with Crippen LogP contribution in [-0.2, 0) is 0 Å². The molecule has 0 nitrogen and oxygen atoms in total. The van der Waals surface area contributed by atoms with Crippen LogP contribution in [0.2, 0.25) is 65.5 Å². The van der Waals surface area contributed by atoms with Crippen molar-refractivity contribution in [1.29, 1.82) is 0 Å². The van der Waals surface area contributed by atoms with Gasteiger partial charge in [0.25, 0.3) is 0 Å². The Kier molecular flexibility index (Phi) is 9.06. The third-order valence-corrected chi connectivity index (χ3v) is 155. The summed E-state index contributed by atoms with van der Waals surface area (Å²) in [6.07, 6.45) is -2.28. The normalized spacial score (nSPS) is 13.8. The monoisotopic (exact) mass is 465 g/mol. The quantitative estimate of drug-likeness (QED) is 0.510. The molecule has 7 radical (unpaired) electrons. The maximum absolute atomic E-state index is 2.76. The van der Waals surface area contributed by atoms with Gasteiger partial charge in [0.1, 0.15) is 0 Å². The van der Waals surface area contributed by atoms with Crippen molar-refractivity contribution in [2.45, 2.75) is 72.4 Å². The molecule has 0 bridgehead atoms. The second-order valence-corrected chi connectivity index (χ2v) is 74.0. The first-order valence-electron chi connectivity index (χ1n) is 9.33. The summed E-state index contributed by atoms with van der Waals surface area (Å²) in [6, 6.07) is 9.42. The third-order valence-electron chi connectivity index (χ3n) is 5.78. The Morgan fingerprint density at radius 3 is 1.36 bits per heavy atom. The van der Waals surface area contributed by atoms with E-state index in [0.717, 1.165) is 0 Å². The van der Waals surface area contributed by atoms with Gasteiger partial charge in [-0.15, -0.1) is 0 Å². The molecule has 0 aliphatic rings. The number of aryl methyl sites for hydroxylation is 1. The van der Waals surface area contributed by atoms with Crippen molar-refractivity contribution in [2.75, 3.05) is 0 Å². The molecule has 0 fully saturated rings. The molecule has 1 aromatic carbocycles. The van der Waals surface area contributed by atoms with E-state index in [1.165, 1.54) is 9.04 Å². The van der Waals surface area contributed by atoms with Crippen LogP contribution >= 0.6 is 0 Å². The van der Waals surface area contributed by atoms with E-state index in [2.05, 4.69) is 96.7 Å². The number of hydrogen-bond donors (Lipinski definition) is 0. The van der Waals surface area contributed by atoms with E-state index in [0.29, 0.717) is 0 Å². The van der Waals surface area contributed by atoms with Crippen LogP contribution < -0.4 is 5.19 Å². The highest BCUT2D eigenvalue weighted by atomic mass is 30.4. The first-order valence-corrected chi connectivity index (χ1v) is 33.8. The summed E-state index contributed by atoms with van der Waals surface area (Å²) >= 11 is 0. The molecule has 0 N–H and O–H groups in total. The fraction of sp³-hybridized carbons (Fsp3) is 0.647. The van der Waals surface area contributed by atoms with Crippen molar-refractivity contribution in [3.63, 3.8) is 0 Å². The van der Waals surface area contributed by atoms with Crippen LogP contribution in [0, 0.1) is 6.92 Å². The second-order valence-electron chi connectivity index (χ2n) is 8.44. The van der Waals surface area contributed by atoms with E-state index >= 15 is 0 Å². The van der Waals surface area contributed by atoms with Gasteiger partial charge in [0, 0.05) is 53.9 Å². The topological polar surface area (TPSA) is 0 Å². The molecular formula is C17H37Si8. The Morgan fingerprint density at radius 1 is 0.640 bits per heavy atom. The molecule has 0 amide bonds. The molecule has 0 unspecified atom stereocenters. The summed E-state index contributed by atoms with van der Waals surface area (Å²) in [4.78, 5) is 0. The zero-order chi connectivity index (χ0) is 19.6. The molecule has 1 aromatic rings. The van der Waals surface area contributed by atoms with Crippen molar-refractivity contribution in [1.82, 2.24) is 0 Å². The molecule has 0 aliphatic heterocycles. The van der Waals surface area contributed by atoms with Crippen molar-refractivity contribution in [3.05, 3.63) is 29.8 Å². The fourth-order valence-corrected chi connectivity index (χ4v) is 228. The zero-order valence-electron chi connectivity index (χ0n) is 18.3. The molecule has 0 spiro atoms. The van der Waals surface area contributed by atoms with Crippen LogP contribution in [0.25, 0.3) is 0 Å². The highest BCUT2D eigenvalue weighted by Crippen LogP contribution is 2.31. The molecule has 8 heteroatoms. The Morgan fingerprint density at radius 2 is 1.04 bits per heavy atom. The SMILES string of the molecule is Cc1ccccc1[Si][Si]([Si](C)C)([Si](C)C)[Si]([Si](C)C)([Si](C)C)[Si](C)C. The lowest BCUT2D eigenvalue weighted by Crippen LogP contribution is -2.93. The van der Waals surface area contributed by atoms with Gasteiger partial charge in [0.2, 0.25) is 0 Å². The van der Waals surface area contributed by atoms with E-state index in [4.69, 9.17) is 0 Å². The predicted molar refractivity (Wildman–Crippen MR) is 135 cm³/mol. The highest BCUT2D eigenvalue weighted by Gasteiger charge is 2.63. The largest absolute Gasteiger partial charge is 0.0739 e. The summed E-state index contributed by atoms with van der Waals surface area (Å²) in [5.74, 6) is 0. The third kappa shape index (κ3) is 4.20. The van der Waals surface area contributed by atoms with Gasteiger partial charge in [-0.25, -0.2) is 0 Å². The molecule has 25 heavy (non-hydrogen) atoms. The molecule has 0 saturated carbocycles. The van der Waals surface area contributed by atoms with E-state index < -0.39 is 12.3 Å². The first kappa shape index (κ1) is 24.0. The van der Waals surface area contributed by atoms with Crippen molar-refractivity contribution >= 4 is 68.1 Å². The highest BCUT2D eigenvalue weighted by molar-refractivity contribution is 8.20. The van der Waals surface area contributed by atoms with Crippen LogP contribution in [-0.4, -0.2) is 62.9 Å². The van der Waals surface area contributed by atoms with Crippen LogP contribution in [0.15, 0.2) is 24.3 Å². The molecule has 0 atom stereocenters. The number of benzene rings is 1. The van der Waals surface area contributed by atoms with Gasteiger partial charge < -0.3 is 0 Å². The Labute approximate surface area is 169 Å². The maximum Gasteiger partial charge on any atom is 0.0619 e. The molecule has 0 aliphatic carbocycles. The van der Waals surface area contributed by atoms with Gasteiger partial charge in [-0.3, -0.25) is 0 Å². The van der Waals surface area contributed by atoms with Gasteiger partial charge in [0.05, 0.1) is 9.04 Å². The van der Waals surface area contributed by atoms with E-state index in [-0.39, 0.29) is 41.6 Å². The van der Waals surface area contributed by atoms with Gasteiger partial charge in [0.15, 0.2) is 0 Å². The molecule has 0 aromatic heterocycles. The molecular weight excluding hydrogens is 429 g/mol. The minimum absolute atomic E-state index is 0.159. The van der Waals surface area contributed by atoms with Gasteiger partial charge >= 0.3 is 0 Å². The maximum atomic E-state index is 2.76. The van der Waals surface area contributed by atoms with Crippen LogP contribution in [0.5, 0.6) is 0 Å². The summed E-state index contributed by atoms with van der Waals surface area (Å²) in [7, 11) is 0.342. The first-order chi connectivity index (χ1) is 11.5. The van der Waals surface area contributed by atoms with Crippen LogP contribution in [0.4, 0.5) is 0 Å². The summed E-state index contributed by atoms with van der Waals surface area (Å²) in [5.41, 5.74) is 1.58. The van der Waals surface area contributed by atoms with Crippen molar-refractivity contribution in [3.8, 4) is 0 Å². The molecule has 137 valence electrons. The summed E-state index contributed by atoms with van der Waals surface area (Å²) in [6.45, 7) is 29.9. The smallest absolute Gasteiger partial charge is 0.0619 e. The van der Waals surface area contributed by atoms with Crippen LogP contribution in [0.3, 0.4) is 0 Å². The zero-order valence-corrected chi connectivity index (χ0v) is 26.3. The lowest BCUT2D eigenvalue weighted by atomic mass is 10.2. The lowest BCUT2D eigenvalue weighted by molar-refractivity contribution is 1.52. The summed E-state index contributed by atoms with van der Waals surface area (Å²) < 4.78 is 0. The Bertz CT molecular complexity index is 524. The van der Waals surface area contributed by atoms with Gasteiger partial charge in [-0.1, -0.05) is 100 Å². The number of rotatable bonds is 8. The van der Waals surface area contributed by atoms with E-state index in [9.17, 15) is 0 Å². The average molecular weight is 466 g/mol. The van der Waals surface area contributed by atoms with Crippen molar-refractivity contribution in [2.24, 2.45) is 0 Å². The molecule has 1 rings (SSSR count). The second kappa shape index (κ2) is 9.44. The standard InChI is InChI=1S/C17H37Si8/c1-16-14-12-13-15-17(16)18-24(19(2)3,20(4)5)25(21(6)7,22(8)9)23(10)11/h12-15H,1-11H3. The van der Waals surface area contributed by atoms with Gasteiger partial charge in [-0.05, 0) is 6.92 Å². The Balaban J connectivity index is 3.78. The van der Waals surface area contributed by atoms with E-state index in [1.54, 1.807) is 10.8 Å². The predicted octanol–water partition coefficient (Wildman–Crippen LogP) is 3.96. The van der Waals surface area contributed by atoms with E-state index in [1.807, 2.05) is 0 Å². The van der Waals surface area contributed by atoms with Crippen molar-refractivity contribution < 1.29 is 0 Å². The fourth-order valence-electron chi connectivity index (χ4n) is 5.13. The molecule has 0 saturated heterocycles. The number of hydrogen-bond acceptors (Lipinski definition) is 0. The van der Waals surface area contributed by atoms with Crippen LogP contribution in [0.1, 0.15) is 5.56 Å². The minimum Gasteiger partial charge on any atom is -0.0739 e. The van der Waals surface area contributed by atoms with Gasteiger partial charge in [-0.2, -0.15) is 0 Å². The molecule has 0 heterocycles. The average Bonchev–Trinajstić information content (AvgIpc) is 2.46. The minimum atomic E-state index is -1.19. The lowest BCUT2D eigenvalue weighted by Gasteiger charge is -2.59.